The third kappa shape index (κ3) is 2.71. The highest BCUT2D eigenvalue weighted by molar-refractivity contribution is 7.90. The Bertz CT molecular complexity index is 399. The molecule has 1 atom stereocenters. The predicted octanol–water partition coefficient (Wildman–Crippen LogP) is -0.560. The number of carbonyl (C=O) groups excluding carboxylic acids is 1. The van der Waals surface area contributed by atoms with Gasteiger partial charge in [0.05, 0.1) is 6.07 Å². The lowest BCUT2D eigenvalue weighted by Crippen LogP contribution is -2.40. The van der Waals surface area contributed by atoms with Crippen LogP contribution in [0.2, 0.25) is 0 Å². The van der Waals surface area contributed by atoms with Crippen molar-refractivity contribution in [2.45, 2.75) is 25.0 Å². The van der Waals surface area contributed by atoms with Crippen LogP contribution in [0.1, 0.15) is 19.8 Å². The molecule has 0 radical (unpaired) electrons. The van der Waals surface area contributed by atoms with Crippen molar-refractivity contribution in [3.05, 3.63) is 0 Å². The van der Waals surface area contributed by atoms with Gasteiger partial charge in [0.1, 0.15) is 0 Å². The normalized spacial score (nSPS) is 20.6. The fourth-order valence-electron chi connectivity index (χ4n) is 1.55. The molecular weight excluding hydrogens is 230 g/mol. The molecule has 0 aliphatic carbocycles. The third-order valence-electron chi connectivity index (χ3n) is 2.51. The molecule has 16 heavy (non-hydrogen) atoms. The Kier molecular flexibility index (Phi) is 4.26. The van der Waals surface area contributed by atoms with E-state index in [4.69, 9.17) is 5.26 Å². The lowest BCUT2D eigenvalue weighted by molar-refractivity contribution is -0.120. The molecular formula is C9H15N3O3S. The molecule has 1 rings (SSSR count). The summed E-state index contributed by atoms with van der Waals surface area (Å²) >= 11 is 0. The van der Waals surface area contributed by atoms with Crippen LogP contribution in [0.3, 0.4) is 0 Å². The van der Waals surface area contributed by atoms with Gasteiger partial charge < -0.3 is 5.32 Å². The number of amides is 1. The molecule has 6 nitrogen and oxygen atoms in total. The minimum absolute atomic E-state index is 0.150. The molecule has 1 aliphatic heterocycles. The summed E-state index contributed by atoms with van der Waals surface area (Å²) in [6.45, 7) is 2.37. The Labute approximate surface area is 95.3 Å². The van der Waals surface area contributed by atoms with Crippen LogP contribution in [0.25, 0.3) is 0 Å². The summed E-state index contributed by atoms with van der Waals surface area (Å²) in [5.74, 6) is -0.150. The highest BCUT2D eigenvalue weighted by Crippen LogP contribution is 2.13. The Hall–Kier alpha value is -1.13. The Morgan fingerprint density at radius 3 is 2.81 bits per heavy atom. The predicted molar refractivity (Wildman–Crippen MR) is 57.8 cm³/mol. The van der Waals surface area contributed by atoms with Crippen LogP contribution >= 0.6 is 0 Å². The van der Waals surface area contributed by atoms with Crippen LogP contribution in [0.4, 0.5) is 0 Å². The zero-order valence-corrected chi connectivity index (χ0v) is 9.96. The van der Waals surface area contributed by atoms with Gasteiger partial charge in [-0.2, -0.15) is 9.57 Å². The molecule has 90 valence electrons. The summed E-state index contributed by atoms with van der Waals surface area (Å²) < 4.78 is 25.2. The first kappa shape index (κ1) is 12.9. The quantitative estimate of drug-likeness (QED) is 0.721. The summed E-state index contributed by atoms with van der Waals surface area (Å²) in [5.41, 5.74) is 0. The monoisotopic (exact) mass is 245 g/mol. The van der Waals surface area contributed by atoms with Crippen LogP contribution in [0.15, 0.2) is 0 Å². The lowest BCUT2D eigenvalue weighted by Gasteiger charge is -2.21. The second kappa shape index (κ2) is 5.27. The zero-order chi connectivity index (χ0) is 12.2. The van der Waals surface area contributed by atoms with Gasteiger partial charge in [-0.1, -0.05) is 6.92 Å². The number of hydrogen-bond donors (Lipinski definition) is 1. The smallest absolute Gasteiger partial charge is 0.230 e. The number of nitrogens with zero attached hydrogens (tertiary/aromatic N) is 2. The minimum atomic E-state index is -3.59. The number of carbonyl (C=O) groups is 1. The van der Waals surface area contributed by atoms with Crippen LogP contribution in [0, 0.1) is 11.3 Å². The second-order valence-electron chi connectivity index (χ2n) is 3.57. The van der Waals surface area contributed by atoms with Gasteiger partial charge in [0.15, 0.2) is 5.25 Å². The van der Waals surface area contributed by atoms with Crippen LogP contribution < -0.4 is 5.32 Å². The molecule has 0 aromatic rings. The number of sulfonamides is 1. The van der Waals surface area contributed by atoms with Gasteiger partial charge in [0.2, 0.25) is 15.9 Å². The molecule has 1 fully saturated rings. The van der Waals surface area contributed by atoms with Crippen LogP contribution in [0.5, 0.6) is 0 Å². The van der Waals surface area contributed by atoms with Gasteiger partial charge in [0, 0.05) is 26.1 Å². The summed E-state index contributed by atoms with van der Waals surface area (Å²) in [6, 6.07) is 1.79. The Morgan fingerprint density at radius 1 is 1.56 bits per heavy atom. The Balaban J connectivity index is 2.83. The maximum absolute atomic E-state index is 12.0. The minimum Gasteiger partial charge on any atom is -0.355 e. The molecule has 7 heteroatoms. The van der Waals surface area contributed by atoms with Crippen molar-refractivity contribution in [3.63, 3.8) is 0 Å². The van der Waals surface area contributed by atoms with Gasteiger partial charge in [-0.3, -0.25) is 4.79 Å². The van der Waals surface area contributed by atoms with E-state index < -0.39 is 15.3 Å². The average Bonchev–Trinajstić information content (AvgIpc) is 2.44. The van der Waals surface area contributed by atoms with E-state index in [2.05, 4.69) is 5.32 Å². The van der Waals surface area contributed by atoms with Crippen molar-refractivity contribution in [1.29, 1.82) is 5.26 Å². The molecule has 1 saturated heterocycles. The van der Waals surface area contributed by atoms with E-state index >= 15 is 0 Å². The average molecular weight is 245 g/mol. The molecule has 1 N–H and O–H groups in total. The Morgan fingerprint density at radius 2 is 2.25 bits per heavy atom. The second-order valence-corrected chi connectivity index (χ2v) is 5.69. The van der Waals surface area contributed by atoms with Gasteiger partial charge in [-0.25, -0.2) is 8.42 Å². The first-order valence-corrected chi connectivity index (χ1v) is 6.68. The van der Waals surface area contributed by atoms with Crippen molar-refractivity contribution < 1.29 is 13.2 Å². The van der Waals surface area contributed by atoms with Crippen molar-refractivity contribution in [2.24, 2.45) is 0 Å². The maximum Gasteiger partial charge on any atom is 0.230 e. The number of nitrogens with one attached hydrogen (secondary N) is 1. The molecule has 1 aliphatic rings. The largest absolute Gasteiger partial charge is 0.355 e. The third-order valence-corrected chi connectivity index (χ3v) is 4.75. The van der Waals surface area contributed by atoms with Crippen molar-refractivity contribution in [2.75, 3.05) is 19.6 Å². The van der Waals surface area contributed by atoms with Gasteiger partial charge in [0.25, 0.3) is 0 Å². The summed E-state index contributed by atoms with van der Waals surface area (Å²) in [6.07, 6.45) is 0.414. The van der Waals surface area contributed by atoms with E-state index in [0.29, 0.717) is 6.54 Å². The first-order chi connectivity index (χ1) is 7.52. The highest BCUT2D eigenvalue weighted by Gasteiger charge is 2.31. The van der Waals surface area contributed by atoms with Crippen molar-refractivity contribution in [3.8, 4) is 6.07 Å². The molecule has 0 saturated carbocycles. The fraction of sp³-hybridized carbons (Fsp3) is 0.778. The molecule has 0 aromatic carbocycles. The van der Waals surface area contributed by atoms with Gasteiger partial charge >= 0.3 is 0 Å². The van der Waals surface area contributed by atoms with Crippen LogP contribution in [-0.4, -0.2) is 43.5 Å². The SMILES string of the molecule is CCC(C#N)S(=O)(=O)N1CCNC(=O)CC1. The van der Waals surface area contributed by atoms with E-state index in [0.717, 1.165) is 0 Å². The van der Waals surface area contributed by atoms with Crippen molar-refractivity contribution >= 4 is 15.9 Å². The topological polar surface area (TPSA) is 90.3 Å². The summed E-state index contributed by atoms with van der Waals surface area (Å²) in [4.78, 5) is 11.1. The lowest BCUT2D eigenvalue weighted by atomic mass is 10.4. The van der Waals surface area contributed by atoms with E-state index in [1.165, 1.54) is 4.31 Å². The molecule has 1 unspecified atom stereocenters. The fourth-order valence-corrected chi connectivity index (χ4v) is 3.16. The standard InChI is InChI=1S/C9H15N3O3S/c1-2-8(7-10)16(14,15)12-5-3-9(13)11-4-6-12/h8H,2-6H2,1H3,(H,11,13). The number of rotatable bonds is 3. The van der Waals surface area contributed by atoms with Crippen molar-refractivity contribution in [1.82, 2.24) is 9.62 Å². The highest BCUT2D eigenvalue weighted by atomic mass is 32.2. The number of hydrogen-bond acceptors (Lipinski definition) is 4. The number of nitriles is 1. The molecule has 1 heterocycles. The molecule has 0 aromatic heterocycles. The molecule has 0 bridgehead atoms. The summed E-state index contributed by atoms with van der Waals surface area (Å²) in [5, 5.41) is 10.4. The van der Waals surface area contributed by atoms with E-state index in [-0.39, 0.29) is 31.8 Å². The van der Waals surface area contributed by atoms with Crippen LogP contribution in [-0.2, 0) is 14.8 Å². The van der Waals surface area contributed by atoms with E-state index in [1.807, 2.05) is 0 Å². The zero-order valence-electron chi connectivity index (χ0n) is 9.14. The maximum atomic E-state index is 12.0. The first-order valence-electron chi connectivity index (χ1n) is 5.17. The van der Waals surface area contributed by atoms with E-state index in [9.17, 15) is 13.2 Å². The summed E-state index contributed by atoms with van der Waals surface area (Å²) in [7, 11) is -3.59. The van der Waals surface area contributed by atoms with Gasteiger partial charge in [-0.15, -0.1) is 0 Å². The van der Waals surface area contributed by atoms with Gasteiger partial charge in [-0.05, 0) is 6.42 Å². The molecule has 0 spiro atoms. The molecule has 1 amide bonds. The van der Waals surface area contributed by atoms with E-state index in [1.54, 1.807) is 13.0 Å².